The molecular weight excluding hydrogens is 307 g/mol. The third-order valence-electron chi connectivity index (χ3n) is 4.18. The van der Waals surface area contributed by atoms with Gasteiger partial charge in [0.2, 0.25) is 5.89 Å². The number of hydrogen-bond donors (Lipinski definition) is 0. The first-order valence-electron chi connectivity index (χ1n) is 7.64. The van der Waals surface area contributed by atoms with Crippen LogP contribution in [0.15, 0.2) is 28.8 Å². The van der Waals surface area contributed by atoms with Crippen molar-refractivity contribution in [1.82, 2.24) is 10.1 Å². The third-order valence-corrected chi connectivity index (χ3v) is 4.18. The normalized spacial score (nSPS) is 16.0. The first-order valence-corrected chi connectivity index (χ1v) is 7.64. The Morgan fingerprint density at radius 3 is 2.43 bits per heavy atom. The highest BCUT2D eigenvalue weighted by Gasteiger charge is 2.30. The van der Waals surface area contributed by atoms with E-state index >= 15 is 0 Å². The van der Waals surface area contributed by atoms with E-state index in [0.717, 1.165) is 30.5 Å². The second-order valence-corrected chi connectivity index (χ2v) is 5.96. The summed E-state index contributed by atoms with van der Waals surface area (Å²) in [6, 6.07) is 5.11. The summed E-state index contributed by atoms with van der Waals surface area (Å²) in [5, 5.41) is 3.97. The fraction of sp³-hybridized carbons (Fsp3) is 0.500. The zero-order valence-corrected chi connectivity index (χ0v) is 12.8. The van der Waals surface area contributed by atoms with Crippen LogP contribution in [0.3, 0.4) is 0 Å². The minimum Gasteiger partial charge on any atom is -0.337 e. The summed E-state index contributed by atoms with van der Waals surface area (Å²) in [7, 11) is 1.79. The number of aromatic nitrogens is 2. The molecule has 1 aliphatic carbocycles. The van der Waals surface area contributed by atoms with E-state index in [2.05, 4.69) is 10.1 Å². The first-order chi connectivity index (χ1) is 10.9. The molecule has 2 aromatic rings. The van der Waals surface area contributed by atoms with E-state index in [1.807, 2.05) is 0 Å². The molecule has 0 radical (unpaired) electrons. The van der Waals surface area contributed by atoms with Gasteiger partial charge in [-0.1, -0.05) is 25.0 Å². The molecule has 1 fully saturated rings. The molecule has 0 atom stereocenters. The highest BCUT2D eigenvalue weighted by Crippen LogP contribution is 2.33. The van der Waals surface area contributed by atoms with E-state index in [9.17, 15) is 13.2 Å². The maximum absolute atomic E-state index is 12.6. The van der Waals surface area contributed by atoms with Crippen LogP contribution in [0.2, 0.25) is 0 Å². The molecule has 0 spiro atoms. The van der Waals surface area contributed by atoms with Gasteiger partial charge in [-0.2, -0.15) is 18.2 Å². The maximum Gasteiger partial charge on any atom is 0.416 e. The van der Waals surface area contributed by atoms with Crippen LogP contribution in [0, 0.1) is 0 Å². The largest absolute Gasteiger partial charge is 0.416 e. The number of rotatable bonds is 4. The summed E-state index contributed by atoms with van der Waals surface area (Å²) in [4.78, 5) is 6.18. The van der Waals surface area contributed by atoms with E-state index < -0.39 is 11.7 Å². The van der Waals surface area contributed by atoms with Gasteiger partial charge in [-0.3, -0.25) is 0 Å². The van der Waals surface area contributed by atoms with Crippen LogP contribution in [0.4, 0.5) is 19.1 Å². The molecule has 3 rings (SSSR count). The summed E-state index contributed by atoms with van der Waals surface area (Å²) in [6.07, 6.45) is 0.205. The molecular formula is C16H18F3N3O. The maximum atomic E-state index is 12.6. The average Bonchev–Trinajstić information content (AvgIpc) is 3.18. The molecule has 7 heteroatoms. The summed E-state index contributed by atoms with van der Waals surface area (Å²) in [5.74, 6) is 1.47. The van der Waals surface area contributed by atoms with E-state index in [1.54, 1.807) is 11.9 Å². The molecule has 0 aliphatic heterocycles. The summed E-state index contributed by atoms with van der Waals surface area (Å²) < 4.78 is 43.0. The second-order valence-electron chi connectivity index (χ2n) is 5.96. The minimum atomic E-state index is -4.31. The lowest BCUT2D eigenvalue weighted by atomic mass is 10.1. The van der Waals surface area contributed by atoms with Gasteiger partial charge in [-0.25, -0.2) is 0 Å². The summed E-state index contributed by atoms with van der Waals surface area (Å²) >= 11 is 0. The number of halogens is 3. The molecule has 0 saturated heterocycles. The van der Waals surface area contributed by atoms with Crippen molar-refractivity contribution in [1.29, 1.82) is 0 Å². The zero-order valence-electron chi connectivity index (χ0n) is 12.8. The predicted molar refractivity (Wildman–Crippen MR) is 79.1 cm³/mol. The van der Waals surface area contributed by atoms with Gasteiger partial charge in [0.1, 0.15) is 0 Å². The molecule has 124 valence electrons. The zero-order chi connectivity index (χ0) is 16.4. The van der Waals surface area contributed by atoms with Gasteiger partial charge in [-0.05, 0) is 35.7 Å². The molecule has 1 aliphatic rings. The Morgan fingerprint density at radius 1 is 1.17 bits per heavy atom. The van der Waals surface area contributed by atoms with Gasteiger partial charge in [0, 0.05) is 19.5 Å². The second kappa shape index (κ2) is 6.22. The Morgan fingerprint density at radius 2 is 1.83 bits per heavy atom. The van der Waals surface area contributed by atoms with Crippen molar-refractivity contribution < 1.29 is 17.7 Å². The molecule has 0 bridgehead atoms. The Kier molecular flexibility index (Phi) is 4.28. The van der Waals surface area contributed by atoms with Gasteiger partial charge in [0.15, 0.2) is 0 Å². The lowest BCUT2D eigenvalue weighted by Gasteiger charge is -2.15. The lowest BCUT2D eigenvalue weighted by Crippen LogP contribution is -2.18. The molecule has 0 amide bonds. The molecule has 1 aromatic heterocycles. The number of alkyl halides is 3. The minimum absolute atomic E-state index is 0.343. The standard InChI is InChI=1S/C16H18F3N3O/c1-22(10-11-6-8-13(9-7-11)16(17,18)19)15-20-14(23-21-15)12-4-2-3-5-12/h6-9,12H,2-5,10H2,1H3. The van der Waals surface area contributed by atoms with Crippen LogP contribution >= 0.6 is 0 Å². The predicted octanol–water partition coefficient (Wildman–Crippen LogP) is 4.38. The summed E-state index contributed by atoms with van der Waals surface area (Å²) in [6.45, 7) is 0.418. The van der Waals surface area contributed by atoms with Crippen LogP contribution in [0.25, 0.3) is 0 Å². The quantitative estimate of drug-likeness (QED) is 0.836. The van der Waals surface area contributed by atoms with Crippen LogP contribution in [0.5, 0.6) is 0 Å². The van der Waals surface area contributed by atoms with Crippen molar-refractivity contribution in [3.63, 3.8) is 0 Å². The number of nitrogens with zero attached hydrogens (tertiary/aromatic N) is 3. The van der Waals surface area contributed by atoms with Crippen molar-refractivity contribution in [2.24, 2.45) is 0 Å². The monoisotopic (exact) mass is 325 g/mol. The van der Waals surface area contributed by atoms with Crippen molar-refractivity contribution in [3.05, 3.63) is 41.3 Å². The average molecular weight is 325 g/mol. The lowest BCUT2D eigenvalue weighted by molar-refractivity contribution is -0.137. The Labute approximate surface area is 132 Å². The van der Waals surface area contributed by atoms with E-state index in [-0.39, 0.29) is 0 Å². The van der Waals surface area contributed by atoms with E-state index in [0.29, 0.717) is 24.3 Å². The fourth-order valence-corrected chi connectivity index (χ4v) is 2.86. The van der Waals surface area contributed by atoms with Crippen LogP contribution in [0.1, 0.15) is 48.6 Å². The molecule has 1 aromatic carbocycles. The Hall–Kier alpha value is -2.05. The van der Waals surface area contributed by atoms with Gasteiger partial charge >= 0.3 is 6.18 Å². The van der Waals surface area contributed by atoms with Crippen LogP contribution < -0.4 is 4.90 Å². The van der Waals surface area contributed by atoms with Crippen LogP contribution in [-0.4, -0.2) is 17.2 Å². The first kappa shape index (κ1) is 15.8. The fourth-order valence-electron chi connectivity index (χ4n) is 2.86. The SMILES string of the molecule is CN(Cc1ccc(C(F)(F)F)cc1)c1noc(C2CCCC2)n1. The van der Waals surface area contributed by atoms with Gasteiger partial charge in [0.25, 0.3) is 5.95 Å². The van der Waals surface area contributed by atoms with Crippen molar-refractivity contribution in [3.8, 4) is 0 Å². The molecule has 0 unspecified atom stereocenters. The van der Waals surface area contributed by atoms with E-state index in [1.165, 1.54) is 25.0 Å². The van der Waals surface area contributed by atoms with Crippen molar-refractivity contribution >= 4 is 5.95 Å². The molecule has 1 saturated carbocycles. The summed E-state index contributed by atoms with van der Waals surface area (Å²) in [5.41, 5.74) is 0.111. The Balaban J connectivity index is 1.65. The highest BCUT2D eigenvalue weighted by molar-refractivity contribution is 5.32. The van der Waals surface area contributed by atoms with Crippen molar-refractivity contribution in [2.45, 2.75) is 44.3 Å². The molecule has 0 N–H and O–H groups in total. The van der Waals surface area contributed by atoms with Gasteiger partial charge in [-0.15, -0.1) is 0 Å². The van der Waals surface area contributed by atoms with Gasteiger partial charge < -0.3 is 9.42 Å². The highest BCUT2D eigenvalue weighted by atomic mass is 19.4. The smallest absolute Gasteiger partial charge is 0.337 e. The number of anilines is 1. The number of hydrogen-bond acceptors (Lipinski definition) is 4. The van der Waals surface area contributed by atoms with E-state index in [4.69, 9.17) is 4.52 Å². The molecule has 1 heterocycles. The molecule has 23 heavy (non-hydrogen) atoms. The number of benzene rings is 1. The van der Waals surface area contributed by atoms with Crippen molar-refractivity contribution in [2.75, 3.05) is 11.9 Å². The third kappa shape index (κ3) is 3.65. The molecule has 4 nitrogen and oxygen atoms in total. The van der Waals surface area contributed by atoms with Crippen LogP contribution in [-0.2, 0) is 12.7 Å². The van der Waals surface area contributed by atoms with Gasteiger partial charge in [0.05, 0.1) is 5.56 Å². The topological polar surface area (TPSA) is 42.2 Å². The Bertz CT molecular complexity index is 645.